The van der Waals surface area contributed by atoms with Crippen LogP contribution in [0, 0.1) is 0 Å². The lowest BCUT2D eigenvalue weighted by Crippen LogP contribution is -2.49. The molecule has 8 heteroatoms. The Bertz CT molecular complexity index is 983. The molecule has 0 aromatic heterocycles. The quantitative estimate of drug-likeness (QED) is 0.736. The lowest BCUT2D eigenvalue weighted by atomic mass is 10.00. The van der Waals surface area contributed by atoms with E-state index in [1.165, 1.54) is 22.7 Å². The van der Waals surface area contributed by atoms with Gasteiger partial charge in [0.15, 0.2) is 0 Å². The van der Waals surface area contributed by atoms with Gasteiger partial charge in [0.1, 0.15) is 0 Å². The Kier molecular flexibility index (Phi) is 4.83. The first-order chi connectivity index (χ1) is 14.3. The number of fused-ring (bicyclic) bond motifs is 4. The number of aliphatic hydroxyl groups excluding tert-OH is 1. The molecule has 30 heavy (non-hydrogen) atoms. The van der Waals surface area contributed by atoms with E-state index in [0.717, 1.165) is 29.9 Å². The summed E-state index contributed by atoms with van der Waals surface area (Å²) >= 11 is 1.37. The predicted molar refractivity (Wildman–Crippen MR) is 108 cm³/mol. The Morgan fingerprint density at radius 2 is 1.70 bits per heavy atom. The third-order valence-electron chi connectivity index (χ3n) is 6.28. The molecule has 2 atom stereocenters. The van der Waals surface area contributed by atoms with Crippen molar-refractivity contribution in [3.8, 4) is 0 Å². The highest BCUT2D eigenvalue weighted by Gasteiger charge is 2.42. The first kappa shape index (κ1) is 19.9. The number of para-hydroxylation sites is 1. The fraction of sp³-hybridized carbons (Fsp3) is 0.409. The van der Waals surface area contributed by atoms with Crippen LogP contribution in [0.1, 0.15) is 31.2 Å². The van der Waals surface area contributed by atoms with E-state index in [2.05, 4.69) is 4.90 Å². The topological polar surface area (TPSA) is 43.8 Å². The Balaban J connectivity index is 1.52. The van der Waals surface area contributed by atoms with E-state index in [1.807, 2.05) is 12.1 Å². The van der Waals surface area contributed by atoms with Gasteiger partial charge in [-0.15, -0.1) is 0 Å². The van der Waals surface area contributed by atoms with Gasteiger partial charge in [0, 0.05) is 21.9 Å². The summed E-state index contributed by atoms with van der Waals surface area (Å²) in [6.07, 6.45) is -1.65. The number of alkyl halides is 3. The number of amides is 1. The van der Waals surface area contributed by atoms with Gasteiger partial charge in [-0.1, -0.05) is 23.9 Å². The monoisotopic (exact) mass is 434 g/mol. The first-order valence-electron chi connectivity index (χ1n) is 10.1. The van der Waals surface area contributed by atoms with Crippen molar-refractivity contribution in [2.75, 3.05) is 11.4 Å². The largest absolute Gasteiger partial charge is 0.416 e. The van der Waals surface area contributed by atoms with Crippen LogP contribution in [0.25, 0.3) is 0 Å². The summed E-state index contributed by atoms with van der Waals surface area (Å²) in [4.78, 5) is 18.5. The number of piperidine rings is 1. The molecule has 0 saturated carbocycles. The number of halogens is 3. The van der Waals surface area contributed by atoms with Crippen molar-refractivity contribution in [3.05, 3.63) is 48.0 Å². The van der Waals surface area contributed by atoms with E-state index in [-0.39, 0.29) is 36.3 Å². The molecule has 0 aliphatic carbocycles. The highest BCUT2D eigenvalue weighted by molar-refractivity contribution is 7.99. The normalized spacial score (nSPS) is 25.7. The predicted octanol–water partition coefficient (Wildman–Crippen LogP) is 4.82. The number of benzene rings is 2. The summed E-state index contributed by atoms with van der Waals surface area (Å²) in [6, 6.07) is 11.2. The molecule has 1 amide bonds. The smallest absolute Gasteiger partial charge is 0.393 e. The molecule has 3 heterocycles. The zero-order valence-corrected chi connectivity index (χ0v) is 16.9. The highest BCUT2D eigenvalue weighted by Crippen LogP contribution is 2.49. The maximum absolute atomic E-state index is 13.5. The van der Waals surface area contributed by atoms with Crippen molar-refractivity contribution < 1.29 is 23.1 Å². The number of carbonyl (C=O) groups is 1. The fourth-order valence-corrected chi connectivity index (χ4v) is 5.97. The zero-order valence-electron chi connectivity index (χ0n) is 16.1. The number of rotatable bonds is 2. The molecule has 0 spiro atoms. The summed E-state index contributed by atoms with van der Waals surface area (Å²) < 4.78 is 40.1. The van der Waals surface area contributed by atoms with Crippen LogP contribution in [-0.4, -0.2) is 40.6 Å². The van der Waals surface area contributed by atoms with E-state index < -0.39 is 11.7 Å². The molecule has 4 nitrogen and oxygen atoms in total. The minimum absolute atomic E-state index is 0.136. The van der Waals surface area contributed by atoms with Crippen LogP contribution in [0.2, 0.25) is 0 Å². The van der Waals surface area contributed by atoms with Gasteiger partial charge in [-0.2, -0.15) is 13.2 Å². The molecule has 0 radical (unpaired) electrons. The maximum atomic E-state index is 13.5. The lowest BCUT2D eigenvalue weighted by molar-refractivity contribution is -0.137. The van der Waals surface area contributed by atoms with Gasteiger partial charge >= 0.3 is 6.18 Å². The van der Waals surface area contributed by atoms with E-state index >= 15 is 0 Å². The number of nitrogens with zero attached hydrogens (tertiary/aromatic N) is 2. The molecule has 5 rings (SSSR count). The standard InChI is InChI=1S/C22H21F3N2O2S/c23-22(24,25)13-5-8-20-18(9-13)27(17-3-1-2-4-19(17)30-20)21(29)12-26-14-6-7-15(26)11-16(28)10-14/h1-5,8-9,14-16,28H,6-7,10-12H2/t14-,15-/m0/s1. The molecule has 3 aliphatic heterocycles. The summed E-state index contributed by atoms with van der Waals surface area (Å²) in [5.74, 6) is -0.239. The SMILES string of the molecule is O=C(CN1[C@H]2CC[C@H]1CC(O)C2)N1c2ccccc2Sc2ccc(C(F)(F)F)cc21. The molecular formula is C22H21F3N2O2S. The van der Waals surface area contributed by atoms with E-state index in [9.17, 15) is 23.1 Å². The molecule has 2 fully saturated rings. The van der Waals surface area contributed by atoms with Crippen molar-refractivity contribution in [3.63, 3.8) is 0 Å². The van der Waals surface area contributed by atoms with Crippen molar-refractivity contribution in [1.82, 2.24) is 4.90 Å². The van der Waals surface area contributed by atoms with E-state index in [4.69, 9.17) is 0 Å². The second kappa shape index (κ2) is 7.28. The van der Waals surface area contributed by atoms with Crippen LogP contribution in [0.15, 0.2) is 52.3 Å². The lowest BCUT2D eigenvalue weighted by Gasteiger charge is -2.39. The summed E-state index contributed by atoms with van der Waals surface area (Å²) in [5, 5.41) is 10.0. The highest BCUT2D eigenvalue weighted by atomic mass is 32.2. The van der Waals surface area contributed by atoms with Gasteiger partial charge in [0.05, 0.1) is 29.6 Å². The molecule has 0 unspecified atom stereocenters. The Labute approximate surface area is 176 Å². The number of hydrogen-bond donors (Lipinski definition) is 1. The first-order valence-corrected chi connectivity index (χ1v) is 10.9. The van der Waals surface area contributed by atoms with Crippen LogP contribution >= 0.6 is 11.8 Å². The molecule has 3 aliphatic rings. The number of aliphatic hydroxyl groups is 1. The number of carbonyl (C=O) groups excluding carboxylic acids is 1. The second-order valence-corrected chi connectivity index (χ2v) is 9.25. The third kappa shape index (κ3) is 3.40. The molecule has 1 N–H and O–H groups in total. The van der Waals surface area contributed by atoms with Crippen LogP contribution in [-0.2, 0) is 11.0 Å². The van der Waals surface area contributed by atoms with Crippen LogP contribution < -0.4 is 4.90 Å². The third-order valence-corrected chi connectivity index (χ3v) is 7.41. The number of hydrogen-bond acceptors (Lipinski definition) is 4. The number of anilines is 2. The molecule has 2 saturated heterocycles. The molecule has 2 aromatic rings. The van der Waals surface area contributed by atoms with Gasteiger partial charge in [0.2, 0.25) is 5.91 Å². The van der Waals surface area contributed by atoms with Crippen LogP contribution in [0.3, 0.4) is 0 Å². The fourth-order valence-electron chi connectivity index (χ4n) is 4.93. The van der Waals surface area contributed by atoms with Gasteiger partial charge in [-0.3, -0.25) is 14.6 Å². The van der Waals surface area contributed by atoms with E-state index in [0.29, 0.717) is 23.4 Å². The minimum atomic E-state index is -4.48. The Morgan fingerprint density at radius 3 is 2.40 bits per heavy atom. The van der Waals surface area contributed by atoms with Crippen molar-refractivity contribution in [1.29, 1.82) is 0 Å². The average Bonchev–Trinajstić information content (AvgIpc) is 2.93. The Morgan fingerprint density at radius 1 is 1.03 bits per heavy atom. The Hall–Kier alpha value is -2.03. The summed E-state index contributed by atoms with van der Waals surface area (Å²) in [7, 11) is 0. The van der Waals surface area contributed by atoms with E-state index in [1.54, 1.807) is 12.1 Å². The maximum Gasteiger partial charge on any atom is 0.416 e. The molecule has 2 aromatic carbocycles. The van der Waals surface area contributed by atoms with Gasteiger partial charge < -0.3 is 5.11 Å². The van der Waals surface area contributed by atoms with Crippen molar-refractivity contribution >= 4 is 29.0 Å². The van der Waals surface area contributed by atoms with Gasteiger partial charge in [-0.05, 0) is 56.0 Å². The summed E-state index contributed by atoms with van der Waals surface area (Å²) in [5.41, 5.74) is 0.131. The van der Waals surface area contributed by atoms with Gasteiger partial charge in [-0.25, -0.2) is 0 Å². The molecule has 158 valence electrons. The zero-order chi connectivity index (χ0) is 21.0. The van der Waals surface area contributed by atoms with Crippen LogP contribution in [0.5, 0.6) is 0 Å². The minimum Gasteiger partial charge on any atom is -0.393 e. The van der Waals surface area contributed by atoms with Gasteiger partial charge in [0.25, 0.3) is 0 Å². The summed E-state index contributed by atoms with van der Waals surface area (Å²) in [6.45, 7) is 0.136. The molecule has 2 bridgehead atoms. The van der Waals surface area contributed by atoms with Crippen molar-refractivity contribution in [2.24, 2.45) is 0 Å². The van der Waals surface area contributed by atoms with Crippen molar-refractivity contribution in [2.45, 2.75) is 59.8 Å². The van der Waals surface area contributed by atoms with Crippen LogP contribution in [0.4, 0.5) is 24.5 Å². The molecular weight excluding hydrogens is 413 g/mol. The second-order valence-electron chi connectivity index (χ2n) is 8.16. The average molecular weight is 434 g/mol.